The summed E-state index contributed by atoms with van der Waals surface area (Å²) in [5, 5.41) is 11.4. The number of anilines is 3. The van der Waals surface area contributed by atoms with Crippen LogP contribution in [-0.2, 0) is 0 Å². The molecule has 0 saturated carbocycles. The molecule has 1 aromatic carbocycles. The Morgan fingerprint density at radius 1 is 1.14 bits per heavy atom. The third-order valence-electron chi connectivity index (χ3n) is 3.61. The van der Waals surface area contributed by atoms with Crippen molar-refractivity contribution in [3.05, 3.63) is 24.4 Å². The van der Waals surface area contributed by atoms with Gasteiger partial charge in [0, 0.05) is 19.2 Å². The number of rotatable bonds is 5. The van der Waals surface area contributed by atoms with Crippen LogP contribution in [0.1, 0.15) is 12.8 Å². The molecule has 7 nitrogen and oxygen atoms in total. The van der Waals surface area contributed by atoms with Gasteiger partial charge in [-0.3, -0.25) is 0 Å². The maximum Gasteiger partial charge on any atom is 0.247 e. The highest BCUT2D eigenvalue weighted by Gasteiger charge is 2.16. The SMILES string of the molecule is COc1ccc(Nc2cnnc(N3CCCC3)n2)c(OC)c1. The molecule has 1 saturated heterocycles. The summed E-state index contributed by atoms with van der Waals surface area (Å²) in [4.78, 5) is 6.66. The first-order valence-electron chi connectivity index (χ1n) is 7.24. The van der Waals surface area contributed by atoms with Crippen molar-refractivity contribution in [2.75, 3.05) is 37.5 Å². The Hall–Kier alpha value is -2.57. The molecule has 0 spiro atoms. The lowest BCUT2D eigenvalue weighted by Gasteiger charge is -2.16. The fraction of sp³-hybridized carbons (Fsp3) is 0.400. The second-order valence-corrected chi connectivity index (χ2v) is 5.03. The van der Waals surface area contributed by atoms with E-state index >= 15 is 0 Å². The van der Waals surface area contributed by atoms with Gasteiger partial charge in [-0.15, -0.1) is 5.10 Å². The lowest BCUT2D eigenvalue weighted by molar-refractivity contribution is 0.395. The van der Waals surface area contributed by atoms with Crippen molar-refractivity contribution >= 4 is 17.5 Å². The van der Waals surface area contributed by atoms with Crippen molar-refractivity contribution in [3.63, 3.8) is 0 Å². The molecule has 0 bridgehead atoms. The summed E-state index contributed by atoms with van der Waals surface area (Å²) < 4.78 is 10.6. The predicted molar refractivity (Wildman–Crippen MR) is 84.1 cm³/mol. The molecule has 1 aliphatic rings. The minimum absolute atomic E-state index is 0.639. The van der Waals surface area contributed by atoms with Gasteiger partial charge in [0.1, 0.15) is 11.5 Å². The molecule has 0 amide bonds. The zero-order valence-electron chi connectivity index (χ0n) is 12.7. The third kappa shape index (κ3) is 3.03. The number of nitrogens with zero attached hydrogens (tertiary/aromatic N) is 4. The largest absolute Gasteiger partial charge is 0.497 e. The Kier molecular flexibility index (Phi) is 4.22. The monoisotopic (exact) mass is 301 g/mol. The lowest BCUT2D eigenvalue weighted by Crippen LogP contribution is -2.21. The van der Waals surface area contributed by atoms with E-state index in [1.165, 1.54) is 12.8 Å². The molecule has 0 radical (unpaired) electrons. The smallest absolute Gasteiger partial charge is 0.247 e. The van der Waals surface area contributed by atoms with E-state index in [-0.39, 0.29) is 0 Å². The van der Waals surface area contributed by atoms with Crippen LogP contribution < -0.4 is 19.7 Å². The van der Waals surface area contributed by atoms with E-state index in [1.54, 1.807) is 20.4 Å². The van der Waals surface area contributed by atoms with E-state index in [1.807, 2.05) is 18.2 Å². The second-order valence-electron chi connectivity index (χ2n) is 5.03. The molecule has 7 heteroatoms. The third-order valence-corrected chi connectivity index (χ3v) is 3.61. The first kappa shape index (κ1) is 14.4. The van der Waals surface area contributed by atoms with Crippen LogP contribution in [0.25, 0.3) is 0 Å². The van der Waals surface area contributed by atoms with Crippen molar-refractivity contribution in [1.29, 1.82) is 0 Å². The minimum Gasteiger partial charge on any atom is -0.497 e. The van der Waals surface area contributed by atoms with Gasteiger partial charge in [-0.2, -0.15) is 10.1 Å². The van der Waals surface area contributed by atoms with Crippen molar-refractivity contribution in [2.45, 2.75) is 12.8 Å². The van der Waals surface area contributed by atoms with Gasteiger partial charge in [-0.1, -0.05) is 0 Å². The van der Waals surface area contributed by atoms with Gasteiger partial charge < -0.3 is 19.7 Å². The minimum atomic E-state index is 0.639. The summed E-state index contributed by atoms with van der Waals surface area (Å²) >= 11 is 0. The Labute approximate surface area is 129 Å². The highest BCUT2D eigenvalue weighted by atomic mass is 16.5. The molecule has 2 heterocycles. The van der Waals surface area contributed by atoms with Crippen molar-refractivity contribution in [1.82, 2.24) is 15.2 Å². The van der Waals surface area contributed by atoms with E-state index in [0.717, 1.165) is 24.5 Å². The van der Waals surface area contributed by atoms with E-state index < -0.39 is 0 Å². The molecule has 1 aromatic heterocycles. The maximum absolute atomic E-state index is 5.37. The standard InChI is InChI=1S/C15H19N5O2/c1-21-11-5-6-12(13(9-11)22-2)17-14-10-16-19-15(18-14)20-7-3-4-8-20/h5-6,9-10H,3-4,7-8H2,1-2H3,(H,17,18,19). The van der Waals surface area contributed by atoms with Crippen LogP contribution in [0, 0.1) is 0 Å². The van der Waals surface area contributed by atoms with Crippen LogP contribution in [0.3, 0.4) is 0 Å². The Balaban J connectivity index is 1.82. The van der Waals surface area contributed by atoms with Crippen LogP contribution in [0.2, 0.25) is 0 Å². The van der Waals surface area contributed by atoms with Crippen LogP contribution >= 0.6 is 0 Å². The molecular formula is C15H19N5O2. The first-order chi connectivity index (χ1) is 10.8. The number of aromatic nitrogens is 3. The van der Waals surface area contributed by atoms with Gasteiger partial charge in [0.2, 0.25) is 5.95 Å². The number of methoxy groups -OCH3 is 2. The van der Waals surface area contributed by atoms with Gasteiger partial charge in [-0.25, -0.2) is 0 Å². The number of hydrogen-bond acceptors (Lipinski definition) is 7. The number of ether oxygens (including phenoxy) is 2. The predicted octanol–water partition coefficient (Wildman–Crippen LogP) is 2.23. The van der Waals surface area contributed by atoms with Crippen LogP contribution in [-0.4, -0.2) is 42.5 Å². The Morgan fingerprint density at radius 3 is 2.68 bits per heavy atom. The topological polar surface area (TPSA) is 72.4 Å². The summed E-state index contributed by atoms with van der Waals surface area (Å²) in [5.41, 5.74) is 0.802. The highest BCUT2D eigenvalue weighted by molar-refractivity contribution is 5.65. The van der Waals surface area contributed by atoms with Crippen molar-refractivity contribution < 1.29 is 9.47 Å². The maximum atomic E-state index is 5.37. The van der Waals surface area contributed by atoms with Gasteiger partial charge >= 0.3 is 0 Å². The van der Waals surface area contributed by atoms with E-state index in [0.29, 0.717) is 17.5 Å². The quantitative estimate of drug-likeness (QED) is 0.907. The number of benzene rings is 1. The Morgan fingerprint density at radius 2 is 1.95 bits per heavy atom. The Bertz CT molecular complexity index is 644. The average Bonchev–Trinajstić information content (AvgIpc) is 3.10. The van der Waals surface area contributed by atoms with Crippen LogP contribution in [0.4, 0.5) is 17.5 Å². The molecule has 22 heavy (non-hydrogen) atoms. The van der Waals surface area contributed by atoms with E-state index in [2.05, 4.69) is 25.4 Å². The molecule has 116 valence electrons. The summed E-state index contributed by atoms with van der Waals surface area (Å²) in [6.07, 6.45) is 3.95. The van der Waals surface area contributed by atoms with Gasteiger partial charge in [-0.05, 0) is 25.0 Å². The highest BCUT2D eigenvalue weighted by Crippen LogP contribution is 2.31. The zero-order chi connectivity index (χ0) is 15.4. The van der Waals surface area contributed by atoms with Gasteiger partial charge in [0.15, 0.2) is 5.82 Å². The normalized spacial score (nSPS) is 14.0. The van der Waals surface area contributed by atoms with Gasteiger partial charge in [0.25, 0.3) is 0 Å². The number of nitrogens with one attached hydrogen (secondary N) is 1. The van der Waals surface area contributed by atoms with E-state index in [4.69, 9.17) is 9.47 Å². The fourth-order valence-corrected chi connectivity index (χ4v) is 2.45. The number of hydrogen-bond donors (Lipinski definition) is 1. The molecule has 1 N–H and O–H groups in total. The van der Waals surface area contributed by atoms with E-state index in [9.17, 15) is 0 Å². The van der Waals surface area contributed by atoms with Crippen molar-refractivity contribution in [3.8, 4) is 11.5 Å². The van der Waals surface area contributed by atoms with Crippen LogP contribution in [0.15, 0.2) is 24.4 Å². The molecule has 0 aliphatic carbocycles. The zero-order valence-corrected chi connectivity index (χ0v) is 12.7. The average molecular weight is 301 g/mol. The van der Waals surface area contributed by atoms with Crippen LogP contribution in [0.5, 0.6) is 11.5 Å². The molecule has 1 fully saturated rings. The molecule has 3 rings (SSSR count). The summed E-state index contributed by atoms with van der Waals surface area (Å²) in [6, 6.07) is 5.56. The first-order valence-corrected chi connectivity index (χ1v) is 7.24. The molecule has 0 unspecified atom stereocenters. The summed E-state index contributed by atoms with van der Waals surface area (Å²) in [5.74, 6) is 2.72. The fourth-order valence-electron chi connectivity index (χ4n) is 2.45. The van der Waals surface area contributed by atoms with Crippen molar-refractivity contribution in [2.24, 2.45) is 0 Å². The van der Waals surface area contributed by atoms with Gasteiger partial charge in [0.05, 0.1) is 26.1 Å². The molecule has 0 atom stereocenters. The molecular weight excluding hydrogens is 282 g/mol. The lowest BCUT2D eigenvalue weighted by atomic mass is 10.2. The molecule has 2 aromatic rings. The summed E-state index contributed by atoms with van der Waals surface area (Å²) in [6.45, 7) is 1.97. The second kappa shape index (κ2) is 6.46. The summed E-state index contributed by atoms with van der Waals surface area (Å²) in [7, 11) is 3.24. The molecule has 1 aliphatic heterocycles.